The second-order valence-electron chi connectivity index (χ2n) is 5.61. The smallest absolute Gasteiger partial charge is 0.231 e. The molecule has 0 fully saturated rings. The molecule has 4 nitrogen and oxygen atoms in total. The molecule has 108 valence electrons. The standard InChI is InChI=1S/C16H23N3O/c1-11(2)10-14-18-16(20-19-14)12(3)15(17-4)13-8-6-5-7-9-13/h5-9,11-12,15,17H,10H2,1-4H3. The number of hydrogen-bond acceptors (Lipinski definition) is 4. The topological polar surface area (TPSA) is 51.0 Å². The molecule has 0 aliphatic heterocycles. The summed E-state index contributed by atoms with van der Waals surface area (Å²) in [5.41, 5.74) is 1.23. The average Bonchev–Trinajstić information content (AvgIpc) is 2.88. The van der Waals surface area contributed by atoms with Gasteiger partial charge in [0.2, 0.25) is 5.89 Å². The summed E-state index contributed by atoms with van der Waals surface area (Å²) in [4.78, 5) is 4.53. The molecule has 2 rings (SSSR count). The minimum absolute atomic E-state index is 0.135. The van der Waals surface area contributed by atoms with Crippen LogP contribution in [-0.2, 0) is 6.42 Å². The van der Waals surface area contributed by atoms with Crippen LogP contribution in [0, 0.1) is 5.92 Å². The zero-order valence-corrected chi connectivity index (χ0v) is 12.6. The van der Waals surface area contributed by atoms with Crippen LogP contribution in [0.4, 0.5) is 0 Å². The first-order chi connectivity index (χ1) is 9.61. The Kier molecular flexibility index (Phi) is 4.90. The SMILES string of the molecule is CNC(c1ccccc1)C(C)c1nc(CC(C)C)no1. The number of nitrogens with zero attached hydrogens (tertiary/aromatic N) is 2. The van der Waals surface area contributed by atoms with Gasteiger partial charge in [0.25, 0.3) is 0 Å². The van der Waals surface area contributed by atoms with Crippen molar-refractivity contribution < 1.29 is 4.52 Å². The van der Waals surface area contributed by atoms with Crippen LogP contribution in [0.15, 0.2) is 34.9 Å². The Morgan fingerprint density at radius 2 is 1.85 bits per heavy atom. The second-order valence-corrected chi connectivity index (χ2v) is 5.61. The van der Waals surface area contributed by atoms with E-state index in [1.54, 1.807) is 0 Å². The van der Waals surface area contributed by atoms with Crippen LogP contribution in [0.2, 0.25) is 0 Å². The van der Waals surface area contributed by atoms with Crippen molar-refractivity contribution >= 4 is 0 Å². The maximum Gasteiger partial charge on any atom is 0.231 e. The highest BCUT2D eigenvalue weighted by molar-refractivity contribution is 5.21. The van der Waals surface area contributed by atoms with Gasteiger partial charge in [0.05, 0.1) is 5.92 Å². The minimum atomic E-state index is 0.135. The van der Waals surface area contributed by atoms with Crippen LogP contribution < -0.4 is 5.32 Å². The summed E-state index contributed by atoms with van der Waals surface area (Å²) in [5, 5.41) is 7.41. The normalized spacial score (nSPS) is 14.4. The zero-order valence-electron chi connectivity index (χ0n) is 12.6. The van der Waals surface area contributed by atoms with E-state index in [0.29, 0.717) is 11.8 Å². The third-order valence-electron chi connectivity index (χ3n) is 3.43. The van der Waals surface area contributed by atoms with Crippen LogP contribution in [0.1, 0.15) is 50.0 Å². The summed E-state index contributed by atoms with van der Waals surface area (Å²) in [7, 11) is 1.96. The molecule has 0 saturated heterocycles. The van der Waals surface area contributed by atoms with E-state index >= 15 is 0 Å². The lowest BCUT2D eigenvalue weighted by molar-refractivity contribution is 0.328. The fourth-order valence-electron chi connectivity index (χ4n) is 2.41. The molecule has 1 heterocycles. The Labute approximate surface area is 120 Å². The lowest BCUT2D eigenvalue weighted by atomic mass is 9.94. The van der Waals surface area contributed by atoms with E-state index in [1.807, 2.05) is 25.2 Å². The van der Waals surface area contributed by atoms with Gasteiger partial charge in [-0.3, -0.25) is 0 Å². The van der Waals surface area contributed by atoms with Crippen LogP contribution in [0.3, 0.4) is 0 Å². The molecule has 2 aromatic rings. The quantitative estimate of drug-likeness (QED) is 0.877. The first-order valence-corrected chi connectivity index (χ1v) is 7.16. The molecule has 2 atom stereocenters. The summed E-state index contributed by atoms with van der Waals surface area (Å²) >= 11 is 0. The molecule has 1 N–H and O–H groups in total. The van der Waals surface area contributed by atoms with Crippen molar-refractivity contribution in [3.63, 3.8) is 0 Å². The summed E-state index contributed by atoms with van der Waals surface area (Å²) < 4.78 is 5.43. The molecular formula is C16H23N3O. The van der Waals surface area contributed by atoms with Crippen molar-refractivity contribution in [2.24, 2.45) is 5.92 Å². The molecule has 0 amide bonds. The van der Waals surface area contributed by atoms with Crippen LogP contribution in [0.25, 0.3) is 0 Å². The Morgan fingerprint density at radius 1 is 1.15 bits per heavy atom. The highest BCUT2D eigenvalue weighted by Gasteiger charge is 2.24. The number of rotatable bonds is 6. The number of likely N-dealkylation sites (N-methyl/N-ethyl adjacent to an activating group) is 1. The highest BCUT2D eigenvalue weighted by atomic mass is 16.5. The molecule has 20 heavy (non-hydrogen) atoms. The third kappa shape index (κ3) is 3.45. The van der Waals surface area contributed by atoms with Crippen molar-refractivity contribution in [1.82, 2.24) is 15.5 Å². The van der Waals surface area contributed by atoms with Gasteiger partial charge in [0.1, 0.15) is 0 Å². The number of aromatic nitrogens is 2. The Bertz CT molecular complexity index is 522. The largest absolute Gasteiger partial charge is 0.339 e. The predicted octanol–water partition coefficient (Wildman–Crippen LogP) is 3.33. The van der Waals surface area contributed by atoms with Gasteiger partial charge in [-0.25, -0.2) is 0 Å². The number of hydrogen-bond donors (Lipinski definition) is 1. The summed E-state index contributed by atoms with van der Waals surface area (Å²) in [6, 6.07) is 10.5. The zero-order chi connectivity index (χ0) is 14.5. The predicted molar refractivity (Wildman–Crippen MR) is 79.5 cm³/mol. The van der Waals surface area contributed by atoms with Gasteiger partial charge >= 0.3 is 0 Å². The summed E-state index contributed by atoms with van der Waals surface area (Å²) in [5.74, 6) is 2.16. The maximum atomic E-state index is 5.43. The average molecular weight is 273 g/mol. The van der Waals surface area contributed by atoms with Gasteiger partial charge in [0, 0.05) is 12.5 Å². The molecule has 1 aromatic heterocycles. The van der Waals surface area contributed by atoms with E-state index in [0.717, 1.165) is 12.2 Å². The van der Waals surface area contributed by atoms with Crippen molar-refractivity contribution in [3.05, 3.63) is 47.6 Å². The first kappa shape index (κ1) is 14.7. The van der Waals surface area contributed by atoms with E-state index in [4.69, 9.17) is 4.52 Å². The monoisotopic (exact) mass is 273 g/mol. The van der Waals surface area contributed by atoms with E-state index in [-0.39, 0.29) is 12.0 Å². The molecule has 4 heteroatoms. The molecule has 0 spiro atoms. The van der Waals surface area contributed by atoms with E-state index in [2.05, 4.69) is 48.4 Å². The second kappa shape index (κ2) is 6.66. The molecule has 0 aliphatic carbocycles. The molecule has 0 saturated carbocycles. The minimum Gasteiger partial charge on any atom is -0.339 e. The summed E-state index contributed by atoms with van der Waals surface area (Å²) in [6.45, 7) is 6.42. The van der Waals surface area contributed by atoms with E-state index in [9.17, 15) is 0 Å². The van der Waals surface area contributed by atoms with Crippen molar-refractivity contribution in [2.75, 3.05) is 7.05 Å². The lowest BCUT2D eigenvalue weighted by Crippen LogP contribution is -2.22. The molecule has 0 aliphatic rings. The van der Waals surface area contributed by atoms with Gasteiger partial charge in [-0.15, -0.1) is 0 Å². The van der Waals surface area contributed by atoms with Gasteiger partial charge < -0.3 is 9.84 Å². The van der Waals surface area contributed by atoms with Crippen molar-refractivity contribution in [3.8, 4) is 0 Å². The van der Waals surface area contributed by atoms with E-state index < -0.39 is 0 Å². The maximum absolute atomic E-state index is 5.43. The molecule has 2 unspecified atom stereocenters. The van der Waals surface area contributed by atoms with Gasteiger partial charge in [0.15, 0.2) is 5.82 Å². The number of nitrogens with one attached hydrogen (secondary N) is 1. The molecular weight excluding hydrogens is 250 g/mol. The Balaban J connectivity index is 2.16. The molecule has 1 aromatic carbocycles. The Morgan fingerprint density at radius 3 is 2.45 bits per heavy atom. The van der Waals surface area contributed by atoms with Crippen molar-refractivity contribution in [2.45, 2.75) is 39.2 Å². The summed E-state index contributed by atoms with van der Waals surface area (Å²) in [6.07, 6.45) is 0.853. The van der Waals surface area contributed by atoms with Gasteiger partial charge in [-0.1, -0.05) is 56.3 Å². The lowest BCUT2D eigenvalue weighted by Gasteiger charge is -2.21. The number of benzene rings is 1. The molecule has 0 bridgehead atoms. The Hall–Kier alpha value is -1.68. The fourth-order valence-corrected chi connectivity index (χ4v) is 2.41. The fraction of sp³-hybridized carbons (Fsp3) is 0.500. The molecule has 0 radical (unpaired) electrons. The van der Waals surface area contributed by atoms with Crippen LogP contribution >= 0.6 is 0 Å². The van der Waals surface area contributed by atoms with Crippen molar-refractivity contribution in [1.29, 1.82) is 0 Å². The first-order valence-electron chi connectivity index (χ1n) is 7.16. The van der Waals surface area contributed by atoms with Gasteiger partial charge in [-0.05, 0) is 18.5 Å². The van der Waals surface area contributed by atoms with Crippen LogP contribution in [-0.4, -0.2) is 17.2 Å². The highest BCUT2D eigenvalue weighted by Crippen LogP contribution is 2.29. The van der Waals surface area contributed by atoms with E-state index in [1.165, 1.54) is 5.56 Å². The van der Waals surface area contributed by atoms with Gasteiger partial charge in [-0.2, -0.15) is 4.98 Å². The van der Waals surface area contributed by atoms with Crippen LogP contribution in [0.5, 0.6) is 0 Å². The third-order valence-corrected chi connectivity index (χ3v) is 3.43.